The van der Waals surface area contributed by atoms with Crippen LogP contribution in [0.3, 0.4) is 0 Å². The molecule has 1 saturated heterocycles. The van der Waals surface area contributed by atoms with Gasteiger partial charge in [0.1, 0.15) is 23.2 Å². The normalized spacial score (nSPS) is 18.4. The quantitative estimate of drug-likeness (QED) is 0.632. The molecule has 4 heterocycles. The van der Waals surface area contributed by atoms with E-state index in [0.717, 1.165) is 5.82 Å². The molecule has 1 atom stereocenters. The summed E-state index contributed by atoms with van der Waals surface area (Å²) in [6.45, 7) is 4.90. The molecule has 1 fully saturated rings. The van der Waals surface area contributed by atoms with Crippen molar-refractivity contribution in [1.82, 2.24) is 14.5 Å². The molecule has 0 unspecified atom stereocenters. The number of amides is 1. The van der Waals surface area contributed by atoms with E-state index in [4.69, 9.17) is 16.3 Å². The molecule has 0 N–H and O–H groups in total. The highest BCUT2D eigenvalue weighted by molar-refractivity contribution is 6.35. The first kappa shape index (κ1) is 18.9. The van der Waals surface area contributed by atoms with E-state index < -0.39 is 0 Å². The maximum Gasteiger partial charge on any atom is 0.259 e. The fraction of sp³-hybridized carbons (Fsp3) is 0.318. The van der Waals surface area contributed by atoms with Gasteiger partial charge in [0.05, 0.1) is 22.5 Å². The van der Waals surface area contributed by atoms with Crippen molar-refractivity contribution >= 4 is 34.2 Å². The number of halogens is 1. The Morgan fingerprint density at radius 3 is 2.70 bits per heavy atom. The number of carbonyl (C=O) groups excluding carboxylic acids is 1. The molecule has 1 aromatic carbocycles. The molecule has 0 radical (unpaired) electrons. The largest absolute Gasteiger partial charge is 0.487 e. The zero-order chi connectivity index (χ0) is 20.8. The Kier molecular flexibility index (Phi) is 4.62. The average molecular weight is 425 g/mol. The van der Waals surface area contributed by atoms with E-state index in [1.165, 1.54) is 0 Å². The van der Waals surface area contributed by atoms with Gasteiger partial charge in [-0.15, -0.1) is 0 Å². The average Bonchev–Trinajstić information content (AvgIpc) is 2.77. The lowest BCUT2D eigenvalue weighted by Gasteiger charge is -2.35. The van der Waals surface area contributed by atoms with E-state index in [-0.39, 0.29) is 23.0 Å². The van der Waals surface area contributed by atoms with E-state index >= 15 is 0 Å². The SMILES string of the molecule is C[C@@H]1Cn2cc(C(=O)N3CCN(c4ccccn4)CC3)c(=O)c3c(Cl)ccc(c32)O1. The molecular formula is C22H21ClN4O3. The number of hydrogen-bond donors (Lipinski definition) is 0. The van der Waals surface area contributed by atoms with Crippen LogP contribution in [0.2, 0.25) is 5.02 Å². The van der Waals surface area contributed by atoms with Crippen LogP contribution < -0.4 is 15.1 Å². The number of nitrogens with zero attached hydrogens (tertiary/aromatic N) is 4. The van der Waals surface area contributed by atoms with Gasteiger partial charge in [-0.1, -0.05) is 17.7 Å². The Morgan fingerprint density at radius 2 is 1.97 bits per heavy atom. The van der Waals surface area contributed by atoms with Crippen LogP contribution in [0.5, 0.6) is 5.75 Å². The predicted molar refractivity (Wildman–Crippen MR) is 116 cm³/mol. The molecule has 2 aromatic heterocycles. The summed E-state index contributed by atoms with van der Waals surface area (Å²) in [4.78, 5) is 34.7. The number of carbonyl (C=O) groups is 1. The minimum absolute atomic E-state index is 0.0609. The van der Waals surface area contributed by atoms with Gasteiger partial charge in [-0.25, -0.2) is 4.98 Å². The second kappa shape index (κ2) is 7.32. The van der Waals surface area contributed by atoms with Gasteiger partial charge in [-0.2, -0.15) is 0 Å². The molecule has 0 bridgehead atoms. The van der Waals surface area contributed by atoms with Gasteiger partial charge in [0, 0.05) is 38.6 Å². The first-order valence-corrected chi connectivity index (χ1v) is 10.4. The van der Waals surface area contributed by atoms with Crippen molar-refractivity contribution in [2.45, 2.75) is 19.6 Å². The fourth-order valence-electron chi connectivity index (χ4n) is 4.23. The lowest BCUT2D eigenvalue weighted by molar-refractivity contribution is 0.0744. The van der Waals surface area contributed by atoms with E-state index in [0.29, 0.717) is 54.4 Å². The van der Waals surface area contributed by atoms with Gasteiger partial charge in [-0.3, -0.25) is 9.59 Å². The van der Waals surface area contributed by atoms with Crippen molar-refractivity contribution in [3.05, 3.63) is 63.5 Å². The summed E-state index contributed by atoms with van der Waals surface area (Å²) in [6.07, 6.45) is 3.36. The summed E-state index contributed by atoms with van der Waals surface area (Å²) in [5.41, 5.74) is 0.465. The third kappa shape index (κ3) is 3.10. The van der Waals surface area contributed by atoms with Gasteiger partial charge >= 0.3 is 0 Å². The highest BCUT2D eigenvalue weighted by atomic mass is 35.5. The molecule has 0 aliphatic carbocycles. The standard InChI is InChI=1S/C22H21ClN4O3/c1-14-12-27-13-15(21(28)19-16(23)5-6-17(30-14)20(19)27)22(29)26-10-8-25(9-11-26)18-4-2-3-7-24-18/h2-7,13-14H,8-12H2,1H3/t14-/m1/s1. The van der Waals surface area contributed by atoms with Crippen molar-refractivity contribution < 1.29 is 9.53 Å². The van der Waals surface area contributed by atoms with Crippen LogP contribution >= 0.6 is 11.6 Å². The molecule has 1 amide bonds. The molecule has 5 rings (SSSR count). The maximum atomic E-state index is 13.3. The van der Waals surface area contributed by atoms with Gasteiger partial charge < -0.3 is 19.1 Å². The summed E-state index contributed by atoms with van der Waals surface area (Å²) in [5.74, 6) is 1.26. The minimum Gasteiger partial charge on any atom is -0.487 e. The Labute approximate surface area is 178 Å². The zero-order valence-corrected chi connectivity index (χ0v) is 17.3. The van der Waals surface area contributed by atoms with Crippen molar-refractivity contribution in [3.8, 4) is 5.75 Å². The fourth-order valence-corrected chi connectivity index (χ4v) is 4.47. The van der Waals surface area contributed by atoms with Gasteiger partial charge in [0.2, 0.25) is 5.43 Å². The minimum atomic E-state index is -0.344. The molecule has 0 spiro atoms. The lowest BCUT2D eigenvalue weighted by atomic mass is 10.1. The van der Waals surface area contributed by atoms with Crippen LogP contribution in [-0.2, 0) is 6.54 Å². The third-order valence-electron chi connectivity index (χ3n) is 5.69. The first-order chi connectivity index (χ1) is 14.5. The van der Waals surface area contributed by atoms with Crippen LogP contribution in [0.1, 0.15) is 17.3 Å². The van der Waals surface area contributed by atoms with Crippen LogP contribution in [0, 0.1) is 0 Å². The predicted octanol–water partition coefficient (Wildman–Crippen LogP) is 2.79. The van der Waals surface area contributed by atoms with Crippen LogP contribution in [0.15, 0.2) is 47.5 Å². The van der Waals surface area contributed by atoms with Gasteiger partial charge in [0.15, 0.2) is 0 Å². The van der Waals surface area contributed by atoms with E-state index in [1.807, 2.05) is 29.7 Å². The number of anilines is 1. The highest BCUT2D eigenvalue weighted by Gasteiger charge is 2.28. The second-order valence-corrected chi connectivity index (χ2v) is 8.10. The highest BCUT2D eigenvalue weighted by Crippen LogP contribution is 2.33. The van der Waals surface area contributed by atoms with Crippen molar-refractivity contribution in [2.75, 3.05) is 31.1 Å². The molecule has 0 saturated carbocycles. The van der Waals surface area contributed by atoms with Crippen molar-refractivity contribution in [2.24, 2.45) is 0 Å². The molecule has 7 nitrogen and oxygen atoms in total. The summed E-state index contributed by atoms with van der Waals surface area (Å²) in [6, 6.07) is 9.22. The Morgan fingerprint density at radius 1 is 1.17 bits per heavy atom. The number of ether oxygens (including phenoxy) is 1. The number of aromatic nitrogens is 2. The summed E-state index contributed by atoms with van der Waals surface area (Å²) in [5, 5.41) is 0.680. The van der Waals surface area contributed by atoms with Gasteiger partial charge in [-0.05, 0) is 31.2 Å². The van der Waals surface area contributed by atoms with E-state index in [9.17, 15) is 9.59 Å². The van der Waals surface area contributed by atoms with Crippen LogP contribution in [-0.4, -0.2) is 52.6 Å². The molecule has 30 heavy (non-hydrogen) atoms. The van der Waals surface area contributed by atoms with Crippen LogP contribution in [0.4, 0.5) is 5.82 Å². The Bertz CT molecular complexity index is 1190. The topological polar surface area (TPSA) is 67.7 Å². The van der Waals surface area contributed by atoms with E-state index in [2.05, 4.69) is 9.88 Å². The zero-order valence-electron chi connectivity index (χ0n) is 16.5. The molecule has 8 heteroatoms. The number of benzene rings is 1. The number of rotatable bonds is 2. The monoisotopic (exact) mass is 424 g/mol. The smallest absolute Gasteiger partial charge is 0.259 e. The second-order valence-electron chi connectivity index (χ2n) is 7.69. The van der Waals surface area contributed by atoms with Gasteiger partial charge in [0.25, 0.3) is 5.91 Å². The molecular weight excluding hydrogens is 404 g/mol. The van der Waals surface area contributed by atoms with Crippen molar-refractivity contribution in [3.63, 3.8) is 0 Å². The third-order valence-corrected chi connectivity index (χ3v) is 6.00. The number of pyridine rings is 2. The Balaban J connectivity index is 1.47. The molecule has 3 aromatic rings. The summed E-state index contributed by atoms with van der Waals surface area (Å²) < 4.78 is 7.78. The summed E-state index contributed by atoms with van der Waals surface area (Å²) >= 11 is 6.37. The van der Waals surface area contributed by atoms with E-state index in [1.54, 1.807) is 29.4 Å². The number of hydrogen-bond acceptors (Lipinski definition) is 5. The van der Waals surface area contributed by atoms with Crippen molar-refractivity contribution in [1.29, 1.82) is 0 Å². The molecule has 2 aliphatic heterocycles. The molecule has 2 aliphatic rings. The van der Waals surface area contributed by atoms with Crippen LogP contribution in [0.25, 0.3) is 10.9 Å². The number of piperazine rings is 1. The maximum absolute atomic E-state index is 13.3. The first-order valence-electron chi connectivity index (χ1n) is 10.0. The lowest BCUT2D eigenvalue weighted by Crippen LogP contribution is -2.50. The summed E-state index contributed by atoms with van der Waals surface area (Å²) in [7, 11) is 0. The Hall–Kier alpha value is -3.06. The molecule has 154 valence electrons.